The van der Waals surface area contributed by atoms with Crippen LogP contribution in [0, 0.1) is 0 Å². The minimum Gasteiger partial charge on any atom is -0.478 e. The van der Waals surface area contributed by atoms with Crippen LogP contribution in [0.25, 0.3) is 0 Å². The van der Waals surface area contributed by atoms with E-state index in [0.717, 1.165) is 24.3 Å². The van der Waals surface area contributed by atoms with E-state index >= 15 is 0 Å². The van der Waals surface area contributed by atoms with Crippen molar-refractivity contribution in [2.45, 2.75) is 17.5 Å². The van der Waals surface area contributed by atoms with Crippen LogP contribution in [0.3, 0.4) is 0 Å². The van der Waals surface area contributed by atoms with Crippen molar-refractivity contribution >= 4 is 15.8 Å². The van der Waals surface area contributed by atoms with Crippen molar-refractivity contribution in [1.29, 1.82) is 0 Å². The van der Waals surface area contributed by atoms with E-state index in [9.17, 15) is 26.4 Å². The van der Waals surface area contributed by atoms with Crippen molar-refractivity contribution in [1.82, 2.24) is 0 Å². The molecule has 0 bridgehead atoms. The lowest BCUT2D eigenvalue weighted by Crippen LogP contribution is -2.16. The second-order valence-electron chi connectivity index (χ2n) is 3.51. The summed E-state index contributed by atoms with van der Waals surface area (Å²) >= 11 is 0. The van der Waals surface area contributed by atoms with E-state index < -0.39 is 34.2 Å². The molecule has 0 saturated heterocycles. The van der Waals surface area contributed by atoms with Crippen LogP contribution in [0.5, 0.6) is 0 Å². The van der Waals surface area contributed by atoms with Gasteiger partial charge in [-0.15, -0.1) is 0 Å². The molecule has 8 heteroatoms. The fourth-order valence-corrected chi connectivity index (χ4v) is 2.46. The van der Waals surface area contributed by atoms with Gasteiger partial charge in [-0.05, 0) is 24.3 Å². The average molecular weight is 282 g/mol. The number of hydrogen-bond acceptors (Lipinski definition) is 3. The molecule has 0 radical (unpaired) electrons. The van der Waals surface area contributed by atoms with Crippen LogP contribution in [0.15, 0.2) is 29.2 Å². The summed E-state index contributed by atoms with van der Waals surface area (Å²) in [7, 11) is -4.05. The van der Waals surface area contributed by atoms with Crippen LogP contribution in [0.2, 0.25) is 0 Å². The van der Waals surface area contributed by atoms with Gasteiger partial charge >= 0.3 is 12.1 Å². The molecule has 0 aliphatic carbocycles. The zero-order valence-electron chi connectivity index (χ0n) is 8.94. The molecular weight excluding hydrogens is 273 g/mol. The van der Waals surface area contributed by atoms with E-state index in [-0.39, 0.29) is 10.5 Å². The third-order valence-electron chi connectivity index (χ3n) is 2.11. The van der Waals surface area contributed by atoms with E-state index in [1.54, 1.807) is 0 Å². The fraction of sp³-hybridized carbons (Fsp3) is 0.300. The Kier molecular flexibility index (Phi) is 4.00. The number of carboxylic acids is 1. The van der Waals surface area contributed by atoms with Gasteiger partial charge < -0.3 is 5.11 Å². The molecule has 1 aromatic rings. The van der Waals surface area contributed by atoms with Crippen molar-refractivity contribution in [2.75, 3.05) is 5.75 Å². The van der Waals surface area contributed by atoms with E-state index in [1.165, 1.54) is 0 Å². The lowest BCUT2D eigenvalue weighted by atomic mass is 10.2. The maximum atomic E-state index is 11.9. The second-order valence-corrected chi connectivity index (χ2v) is 5.62. The molecule has 0 fully saturated rings. The standard InChI is InChI=1S/C10H9F3O4S/c11-10(12,13)5-6-18(16,17)8-3-1-7(2-4-8)9(14)15/h1-4H,5-6H2,(H,14,15). The van der Waals surface area contributed by atoms with Crippen LogP contribution in [-0.2, 0) is 9.84 Å². The number of aromatic carboxylic acids is 1. The third kappa shape index (κ3) is 4.02. The van der Waals surface area contributed by atoms with Crippen LogP contribution in [0.4, 0.5) is 13.2 Å². The van der Waals surface area contributed by atoms with Crippen molar-refractivity contribution < 1.29 is 31.5 Å². The second kappa shape index (κ2) is 4.97. The molecule has 0 heterocycles. The zero-order valence-corrected chi connectivity index (χ0v) is 9.75. The van der Waals surface area contributed by atoms with Crippen molar-refractivity contribution in [3.8, 4) is 0 Å². The first-order valence-electron chi connectivity index (χ1n) is 4.75. The number of carbonyl (C=O) groups is 1. The lowest BCUT2D eigenvalue weighted by molar-refractivity contribution is -0.129. The molecule has 0 aliphatic heterocycles. The maximum Gasteiger partial charge on any atom is 0.390 e. The number of carboxylic acid groups (broad SMARTS) is 1. The summed E-state index contributed by atoms with van der Waals surface area (Å²) in [4.78, 5) is 10.2. The summed E-state index contributed by atoms with van der Waals surface area (Å²) in [6.45, 7) is 0. The smallest absolute Gasteiger partial charge is 0.390 e. The monoisotopic (exact) mass is 282 g/mol. The minimum absolute atomic E-state index is 0.134. The molecular formula is C10H9F3O4S. The average Bonchev–Trinajstić information content (AvgIpc) is 2.26. The Bertz CT molecular complexity index is 531. The largest absolute Gasteiger partial charge is 0.478 e. The Morgan fingerprint density at radius 1 is 1.17 bits per heavy atom. The van der Waals surface area contributed by atoms with E-state index in [1.807, 2.05) is 0 Å². The molecule has 0 saturated carbocycles. The highest BCUT2D eigenvalue weighted by molar-refractivity contribution is 7.91. The predicted octanol–water partition coefficient (Wildman–Crippen LogP) is 2.11. The van der Waals surface area contributed by atoms with Gasteiger partial charge in [-0.25, -0.2) is 13.2 Å². The molecule has 0 atom stereocenters. The first-order chi connectivity index (χ1) is 8.12. The summed E-state index contributed by atoms with van der Waals surface area (Å²) in [5.41, 5.74) is -0.134. The fourth-order valence-electron chi connectivity index (χ4n) is 1.17. The first-order valence-corrected chi connectivity index (χ1v) is 6.40. The quantitative estimate of drug-likeness (QED) is 0.918. The van der Waals surface area contributed by atoms with Gasteiger partial charge in [-0.2, -0.15) is 13.2 Å². The summed E-state index contributed by atoms with van der Waals surface area (Å²) in [5.74, 6) is -2.29. The highest BCUT2D eigenvalue weighted by Gasteiger charge is 2.30. The first kappa shape index (κ1) is 14.5. The molecule has 0 aliphatic rings. The van der Waals surface area contributed by atoms with Crippen molar-refractivity contribution in [2.24, 2.45) is 0 Å². The van der Waals surface area contributed by atoms with Gasteiger partial charge in [0.25, 0.3) is 0 Å². The molecule has 4 nitrogen and oxygen atoms in total. The van der Waals surface area contributed by atoms with Crippen LogP contribution in [0.1, 0.15) is 16.8 Å². The van der Waals surface area contributed by atoms with Crippen LogP contribution in [-0.4, -0.2) is 31.4 Å². The Hall–Kier alpha value is -1.57. The van der Waals surface area contributed by atoms with E-state index in [2.05, 4.69) is 0 Å². The van der Waals surface area contributed by atoms with Gasteiger partial charge in [0.2, 0.25) is 0 Å². The van der Waals surface area contributed by atoms with Gasteiger partial charge in [0.05, 0.1) is 22.6 Å². The van der Waals surface area contributed by atoms with Gasteiger partial charge in [0.15, 0.2) is 9.84 Å². The van der Waals surface area contributed by atoms with Gasteiger partial charge in [-0.3, -0.25) is 0 Å². The van der Waals surface area contributed by atoms with Crippen molar-refractivity contribution in [3.05, 3.63) is 29.8 Å². The number of rotatable bonds is 4. The maximum absolute atomic E-state index is 11.9. The Morgan fingerprint density at radius 2 is 1.67 bits per heavy atom. The third-order valence-corrected chi connectivity index (χ3v) is 3.85. The number of alkyl halides is 3. The molecule has 0 unspecified atom stereocenters. The van der Waals surface area contributed by atoms with Crippen LogP contribution >= 0.6 is 0 Å². The number of benzene rings is 1. The summed E-state index contributed by atoms with van der Waals surface area (Å²) in [6.07, 6.45) is -5.98. The summed E-state index contributed by atoms with van der Waals surface area (Å²) < 4.78 is 58.8. The molecule has 18 heavy (non-hydrogen) atoms. The van der Waals surface area contributed by atoms with Gasteiger partial charge in [0.1, 0.15) is 0 Å². The van der Waals surface area contributed by atoms with E-state index in [0.29, 0.717) is 0 Å². The van der Waals surface area contributed by atoms with Gasteiger partial charge in [0, 0.05) is 0 Å². The SMILES string of the molecule is O=C(O)c1ccc(S(=O)(=O)CCC(F)(F)F)cc1. The molecule has 0 spiro atoms. The molecule has 100 valence electrons. The topological polar surface area (TPSA) is 71.4 Å². The highest BCUT2D eigenvalue weighted by Crippen LogP contribution is 2.22. The Balaban J connectivity index is 2.89. The normalized spacial score (nSPS) is 12.4. The highest BCUT2D eigenvalue weighted by atomic mass is 32.2. The van der Waals surface area contributed by atoms with Gasteiger partial charge in [-0.1, -0.05) is 0 Å². The Morgan fingerprint density at radius 3 is 2.06 bits per heavy atom. The summed E-state index contributed by atoms with van der Waals surface area (Å²) in [6, 6.07) is 4.02. The molecule has 1 rings (SSSR count). The number of sulfone groups is 1. The zero-order chi connectivity index (χ0) is 14.0. The molecule has 1 aromatic carbocycles. The van der Waals surface area contributed by atoms with Crippen LogP contribution < -0.4 is 0 Å². The Labute approximate surface area is 101 Å². The van der Waals surface area contributed by atoms with E-state index in [4.69, 9.17) is 5.11 Å². The number of halogens is 3. The lowest BCUT2D eigenvalue weighted by Gasteiger charge is -2.07. The molecule has 0 aromatic heterocycles. The predicted molar refractivity (Wildman–Crippen MR) is 56.1 cm³/mol. The molecule has 1 N–H and O–H groups in total. The summed E-state index contributed by atoms with van der Waals surface area (Å²) in [5, 5.41) is 8.59. The molecule has 0 amide bonds. The number of hydrogen-bond donors (Lipinski definition) is 1. The minimum atomic E-state index is -4.55. The van der Waals surface area contributed by atoms with Crippen molar-refractivity contribution in [3.63, 3.8) is 0 Å².